The van der Waals surface area contributed by atoms with E-state index >= 15 is 0 Å². The van der Waals surface area contributed by atoms with Crippen molar-refractivity contribution in [3.05, 3.63) is 0 Å². The first-order chi connectivity index (χ1) is 29.9. The average Bonchev–Trinajstić information content (AvgIpc) is 3.20. The highest BCUT2D eigenvalue weighted by Gasteiger charge is 2.17. The molecule has 26 heteroatoms. The zero-order valence-electron chi connectivity index (χ0n) is 35.7. The van der Waals surface area contributed by atoms with E-state index in [0.29, 0.717) is 0 Å². The number of carbonyl (C=O) groups excluding carboxylic acids is 2. The van der Waals surface area contributed by atoms with Gasteiger partial charge in [-0.3, -0.25) is 9.59 Å². The summed E-state index contributed by atoms with van der Waals surface area (Å²) in [5, 5.41) is 118. The van der Waals surface area contributed by atoms with E-state index in [-0.39, 0.29) is 145 Å². The summed E-state index contributed by atoms with van der Waals surface area (Å²) in [5.41, 5.74) is 4.88. The smallest absolute Gasteiger partial charge is 0.248 e. The molecule has 0 aromatic rings. The van der Waals surface area contributed by atoms with Gasteiger partial charge in [0.1, 0.15) is 67.1 Å². The second-order valence-electron chi connectivity index (χ2n) is 14.5. The fraction of sp³-hybridized carbons (Fsp3) is 0.946. The number of Topliss-reactive ketones (excluding diaryl/α,β-unsaturated/α-hetero) is 1. The molecule has 0 spiro atoms. The number of hydrogen-bond acceptors (Lipinski definition) is 25. The van der Waals surface area contributed by atoms with E-state index in [2.05, 4.69) is 0 Å². The van der Waals surface area contributed by atoms with Gasteiger partial charge in [0.15, 0.2) is 11.9 Å². The zero-order valence-corrected chi connectivity index (χ0v) is 35.7. The highest BCUT2D eigenvalue weighted by Crippen LogP contribution is 2.00. The lowest BCUT2D eigenvalue weighted by atomic mass is 10.3. The number of ether oxygens (including phenoxy) is 11. The summed E-state index contributed by atoms with van der Waals surface area (Å²) in [6.45, 7) is -3.34. The molecule has 1 amide bonds. The van der Waals surface area contributed by atoms with Gasteiger partial charge in [0.2, 0.25) is 5.91 Å². The topological polar surface area (TPSA) is 404 Å². The van der Waals surface area contributed by atoms with Crippen molar-refractivity contribution in [2.45, 2.75) is 80.2 Å². The zero-order chi connectivity index (χ0) is 47.4. The first-order valence-electron chi connectivity index (χ1n) is 20.2. The number of aliphatic hydroxyl groups is 12. The molecule has 12 unspecified atom stereocenters. The Labute approximate surface area is 365 Å². The van der Waals surface area contributed by atoms with E-state index in [1.54, 1.807) is 0 Å². The summed E-state index contributed by atoms with van der Waals surface area (Å²) in [5.74, 6) is -1.42. The molecule has 0 rings (SSSR count). The van der Waals surface area contributed by atoms with Crippen LogP contribution < -0.4 is 5.73 Å². The van der Waals surface area contributed by atoms with Gasteiger partial charge in [0.25, 0.3) is 0 Å². The number of hydrogen-bond donors (Lipinski definition) is 13. The summed E-state index contributed by atoms with van der Waals surface area (Å²) < 4.78 is 56.8. The van der Waals surface area contributed by atoms with Crippen molar-refractivity contribution in [2.75, 3.05) is 145 Å². The maximum Gasteiger partial charge on any atom is 0.248 e. The number of rotatable bonds is 46. The van der Waals surface area contributed by atoms with Crippen molar-refractivity contribution in [1.29, 1.82) is 0 Å². The molecule has 0 aromatic heterocycles. The Hall–Kier alpha value is -1.78. The summed E-state index contributed by atoms with van der Waals surface area (Å²) in [6.07, 6.45) is -13.5. The van der Waals surface area contributed by atoms with E-state index < -0.39 is 84.9 Å². The molecule has 0 fully saturated rings. The van der Waals surface area contributed by atoms with Crippen molar-refractivity contribution in [3.63, 3.8) is 0 Å². The van der Waals surface area contributed by atoms with Gasteiger partial charge in [-0.05, 0) is 6.92 Å². The normalized spacial score (nSPS) is 17.9. The first kappa shape index (κ1) is 61.2. The van der Waals surface area contributed by atoms with Crippen molar-refractivity contribution >= 4 is 11.7 Å². The molecule has 14 N–H and O–H groups in total. The minimum atomic E-state index is -1.49. The van der Waals surface area contributed by atoms with Crippen molar-refractivity contribution in [2.24, 2.45) is 5.73 Å². The lowest BCUT2D eigenvalue weighted by Gasteiger charge is -2.18. The lowest BCUT2D eigenvalue weighted by Crippen LogP contribution is -2.34. The van der Waals surface area contributed by atoms with E-state index in [4.69, 9.17) is 57.8 Å². The van der Waals surface area contributed by atoms with Gasteiger partial charge in [-0.2, -0.15) is 0 Å². The van der Waals surface area contributed by atoms with E-state index in [1.165, 1.54) is 6.92 Å². The average molecular weight is 932 g/mol. The van der Waals surface area contributed by atoms with Crippen LogP contribution in [0.25, 0.3) is 0 Å². The molecule has 0 saturated carbocycles. The quantitative estimate of drug-likeness (QED) is 0.0270. The van der Waals surface area contributed by atoms with Crippen LogP contribution in [0, 0.1) is 0 Å². The van der Waals surface area contributed by atoms with Gasteiger partial charge in [0.05, 0.1) is 145 Å². The number of aliphatic hydroxyl groups excluding tert-OH is 12. The fourth-order valence-corrected chi connectivity index (χ4v) is 4.37. The number of primary amides is 1. The molecule has 0 saturated heterocycles. The standard InChI is InChI=1S/C37H73NO25/c1-24(39)35(50)22-62-20-33(48)18-60-16-31(46)14-58-12-29(44)10-56-8-27(42)6-54-4-25(40)2-53-3-26(41)5-55-7-28(43)9-57-11-30(45)13-59-15-32(47)17-61-19-34(49)21-63-23-36(51)37(38)52/h25-36,40-51H,2-23H2,1H3,(H2,38,52). The molecule has 63 heavy (non-hydrogen) atoms. The van der Waals surface area contributed by atoms with Crippen molar-refractivity contribution < 1.29 is 123 Å². The summed E-state index contributed by atoms with van der Waals surface area (Å²) in [4.78, 5) is 21.6. The van der Waals surface area contributed by atoms with E-state index in [1.807, 2.05) is 0 Å². The third-order valence-electron chi connectivity index (χ3n) is 7.55. The Kier molecular flexibility index (Phi) is 38.3. The Morgan fingerprint density at radius 2 is 0.413 bits per heavy atom. The molecule has 26 nitrogen and oxygen atoms in total. The number of amides is 1. The SMILES string of the molecule is CC(=O)C(O)COCC(O)COCC(O)COCC(O)COCC(O)COCC(O)COCC(O)COCC(O)COCC(O)COCC(O)COCC(O)COCC(O)C(N)=O. The van der Waals surface area contributed by atoms with Crippen molar-refractivity contribution in [3.8, 4) is 0 Å². The van der Waals surface area contributed by atoms with Crippen LogP contribution in [-0.4, -0.2) is 292 Å². The Bertz CT molecular complexity index is 1010. The van der Waals surface area contributed by atoms with Gasteiger partial charge in [-0.15, -0.1) is 0 Å². The predicted octanol–water partition coefficient (Wildman–Crippen LogP) is -8.43. The molecular weight excluding hydrogens is 858 g/mol. The van der Waals surface area contributed by atoms with Crippen LogP contribution in [0.1, 0.15) is 6.92 Å². The summed E-state index contributed by atoms with van der Waals surface area (Å²) in [6, 6.07) is 0. The molecule has 0 aliphatic rings. The van der Waals surface area contributed by atoms with E-state index in [0.717, 1.165) is 0 Å². The maximum absolute atomic E-state index is 10.9. The van der Waals surface area contributed by atoms with Crippen LogP contribution in [0.2, 0.25) is 0 Å². The maximum atomic E-state index is 10.9. The van der Waals surface area contributed by atoms with Gasteiger partial charge in [-0.25, -0.2) is 0 Å². The number of nitrogens with two attached hydrogens (primary N) is 1. The predicted molar refractivity (Wildman–Crippen MR) is 211 cm³/mol. The second kappa shape index (κ2) is 39.4. The van der Waals surface area contributed by atoms with E-state index in [9.17, 15) is 70.9 Å². The third-order valence-corrected chi connectivity index (χ3v) is 7.55. The highest BCUT2D eigenvalue weighted by atomic mass is 16.6. The van der Waals surface area contributed by atoms with Gasteiger partial charge < -0.3 is 119 Å². The third kappa shape index (κ3) is 39.1. The van der Waals surface area contributed by atoms with Crippen LogP contribution in [0.4, 0.5) is 0 Å². The molecule has 0 radical (unpaired) electrons. The van der Waals surface area contributed by atoms with Crippen molar-refractivity contribution in [1.82, 2.24) is 0 Å². The Morgan fingerprint density at radius 1 is 0.286 bits per heavy atom. The molecular formula is C37H73NO25. The fourth-order valence-electron chi connectivity index (χ4n) is 4.37. The van der Waals surface area contributed by atoms with Crippen LogP contribution in [0.5, 0.6) is 0 Å². The second-order valence-corrected chi connectivity index (χ2v) is 14.5. The lowest BCUT2D eigenvalue weighted by molar-refractivity contribution is -0.130. The number of carbonyl (C=O) groups is 2. The largest absolute Gasteiger partial charge is 0.388 e. The Morgan fingerprint density at radius 3 is 0.540 bits per heavy atom. The monoisotopic (exact) mass is 931 g/mol. The van der Waals surface area contributed by atoms with Crippen LogP contribution in [-0.2, 0) is 61.7 Å². The van der Waals surface area contributed by atoms with Gasteiger partial charge in [0, 0.05) is 0 Å². The summed E-state index contributed by atoms with van der Waals surface area (Å²) in [7, 11) is 0. The van der Waals surface area contributed by atoms with Crippen LogP contribution in [0.15, 0.2) is 0 Å². The Balaban J connectivity index is 3.77. The molecule has 0 aliphatic carbocycles. The minimum Gasteiger partial charge on any atom is -0.388 e. The number of ketones is 1. The van der Waals surface area contributed by atoms with Gasteiger partial charge in [-0.1, -0.05) is 0 Å². The van der Waals surface area contributed by atoms with Crippen LogP contribution in [0.3, 0.4) is 0 Å². The first-order valence-corrected chi connectivity index (χ1v) is 20.2. The molecule has 12 atom stereocenters. The van der Waals surface area contributed by atoms with Gasteiger partial charge >= 0.3 is 0 Å². The summed E-state index contributed by atoms with van der Waals surface area (Å²) >= 11 is 0. The highest BCUT2D eigenvalue weighted by molar-refractivity contribution is 5.80. The van der Waals surface area contributed by atoms with Crippen LogP contribution >= 0.6 is 0 Å². The molecule has 376 valence electrons. The molecule has 0 bridgehead atoms. The molecule has 0 aromatic carbocycles. The minimum absolute atomic E-state index is 0.171. The molecule has 0 heterocycles. The molecule has 0 aliphatic heterocycles.